The van der Waals surface area contributed by atoms with Gasteiger partial charge in [-0.15, -0.1) is 0 Å². The van der Waals surface area contributed by atoms with Crippen molar-refractivity contribution in [1.29, 1.82) is 0 Å². The third-order valence-electron chi connectivity index (χ3n) is 4.96. The number of ketones is 1. The van der Waals surface area contributed by atoms with Gasteiger partial charge in [-0.05, 0) is 53.3 Å². The number of benzene rings is 3. The topological polar surface area (TPSA) is 43.4 Å². The number of Topliss-reactive ketones (excluding diaryl/α,β-unsaturated/α-hetero) is 1. The summed E-state index contributed by atoms with van der Waals surface area (Å²) in [5.41, 5.74) is 7.38. The summed E-state index contributed by atoms with van der Waals surface area (Å²) in [5, 5.41) is 0. The number of esters is 1. The van der Waals surface area contributed by atoms with Crippen molar-refractivity contribution in [3.8, 4) is 11.1 Å². The largest absolute Gasteiger partial charge is 0.454 e. The zero-order valence-electron chi connectivity index (χ0n) is 15.6. The summed E-state index contributed by atoms with van der Waals surface area (Å²) in [4.78, 5) is 24.4. The Hall–Kier alpha value is -3.46. The fraction of sp³-hybridized carbons (Fsp3) is 0.120. The van der Waals surface area contributed by atoms with Crippen LogP contribution < -0.4 is 0 Å². The van der Waals surface area contributed by atoms with Crippen LogP contribution in [0.3, 0.4) is 0 Å². The lowest BCUT2D eigenvalue weighted by Gasteiger charge is -2.06. The molecule has 3 heteroatoms. The zero-order valence-corrected chi connectivity index (χ0v) is 15.6. The average molecular weight is 368 g/mol. The molecule has 0 unspecified atom stereocenters. The third-order valence-corrected chi connectivity index (χ3v) is 4.96. The molecule has 138 valence electrons. The van der Waals surface area contributed by atoms with Crippen molar-refractivity contribution < 1.29 is 14.3 Å². The number of rotatable bonds is 5. The third kappa shape index (κ3) is 3.79. The normalized spacial score (nSPS) is 11.9. The summed E-state index contributed by atoms with van der Waals surface area (Å²) in [7, 11) is 0. The fourth-order valence-electron chi connectivity index (χ4n) is 3.41. The van der Waals surface area contributed by atoms with Crippen molar-refractivity contribution in [3.63, 3.8) is 0 Å². The van der Waals surface area contributed by atoms with Crippen LogP contribution in [0.1, 0.15) is 32.6 Å². The van der Waals surface area contributed by atoms with Crippen LogP contribution in [0.25, 0.3) is 17.2 Å². The molecular weight excluding hydrogens is 348 g/mol. The summed E-state index contributed by atoms with van der Waals surface area (Å²) in [5.74, 6) is -0.732. The van der Waals surface area contributed by atoms with Gasteiger partial charge in [0.15, 0.2) is 12.4 Å². The van der Waals surface area contributed by atoms with Crippen LogP contribution in [-0.2, 0) is 16.0 Å². The molecule has 1 aliphatic rings. The number of aryl methyl sites for hydroxylation is 1. The maximum atomic E-state index is 12.5. The van der Waals surface area contributed by atoms with E-state index >= 15 is 0 Å². The molecule has 3 nitrogen and oxygen atoms in total. The van der Waals surface area contributed by atoms with Gasteiger partial charge < -0.3 is 4.74 Å². The molecule has 3 aromatic rings. The van der Waals surface area contributed by atoms with Gasteiger partial charge in [-0.3, -0.25) is 4.79 Å². The van der Waals surface area contributed by atoms with Crippen LogP contribution in [0.2, 0.25) is 0 Å². The van der Waals surface area contributed by atoms with Gasteiger partial charge in [-0.1, -0.05) is 66.2 Å². The fourth-order valence-corrected chi connectivity index (χ4v) is 3.41. The molecule has 0 saturated carbocycles. The summed E-state index contributed by atoms with van der Waals surface area (Å²) >= 11 is 0. The molecule has 0 heterocycles. The second kappa shape index (κ2) is 7.65. The second-order valence-electron chi connectivity index (χ2n) is 6.98. The van der Waals surface area contributed by atoms with Gasteiger partial charge in [0.25, 0.3) is 0 Å². The Balaban J connectivity index is 1.40. The Morgan fingerprint density at radius 2 is 1.68 bits per heavy atom. The van der Waals surface area contributed by atoms with E-state index in [1.54, 1.807) is 6.08 Å². The summed E-state index contributed by atoms with van der Waals surface area (Å²) in [6.45, 7) is 1.74. The molecule has 0 bridgehead atoms. The molecule has 0 N–H and O–H groups in total. The Kier molecular flexibility index (Phi) is 4.90. The Bertz CT molecular complexity index is 1080. The van der Waals surface area contributed by atoms with E-state index in [2.05, 4.69) is 12.1 Å². The smallest absolute Gasteiger partial charge is 0.331 e. The van der Waals surface area contributed by atoms with Crippen molar-refractivity contribution >= 4 is 17.8 Å². The van der Waals surface area contributed by atoms with E-state index in [-0.39, 0.29) is 12.4 Å². The van der Waals surface area contributed by atoms with E-state index in [9.17, 15) is 9.59 Å². The number of carbonyl (C=O) groups is 2. The van der Waals surface area contributed by atoms with Crippen molar-refractivity contribution in [1.82, 2.24) is 0 Å². The highest BCUT2D eigenvalue weighted by Crippen LogP contribution is 2.36. The van der Waals surface area contributed by atoms with Crippen LogP contribution in [0.15, 0.2) is 72.8 Å². The number of hydrogen-bond donors (Lipinski definition) is 0. The highest BCUT2D eigenvalue weighted by Gasteiger charge is 2.19. The molecule has 4 rings (SSSR count). The number of carbonyl (C=O) groups excluding carboxylic acids is 2. The number of fused-ring (bicyclic) bond motifs is 3. The van der Waals surface area contributed by atoms with E-state index in [0.29, 0.717) is 5.56 Å². The SMILES string of the molecule is Cc1ccc(/C=C/C(=O)OCC(=O)c2ccc3c(c2)-c2ccccc2C3)cc1. The van der Waals surface area contributed by atoms with Crippen molar-refractivity contribution in [2.75, 3.05) is 6.61 Å². The Morgan fingerprint density at radius 3 is 2.50 bits per heavy atom. The predicted molar refractivity (Wildman–Crippen MR) is 110 cm³/mol. The molecule has 0 aromatic heterocycles. The maximum Gasteiger partial charge on any atom is 0.331 e. The first kappa shape index (κ1) is 17.9. The molecule has 0 spiro atoms. The Labute approximate surface area is 164 Å². The minimum absolute atomic E-state index is 0.204. The van der Waals surface area contributed by atoms with Crippen LogP contribution in [0.5, 0.6) is 0 Å². The van der Waals surface area contributed by atoms with Crippen LogP contribution in [-0.4, -0.2) is 18.4 Å². The first-order valence-electron chi connectivity index (χ1n) is 9.26. The van der Waals surface area contributed by atoms with E-state index in [4.69, 9.17) is 4.74 Å². The summed E-state index contributed by atoms with van der Waals surface area (Å²) < 4.78 is 5.12. The molecule has 28 heavy (non-hydrogen) atoms. The van der Waals surface area contributed by atoms with E-state index in [1.165, 1.54) is 22.8 Å². The number of ether oxygens (including phenoxy) is 1. The van der Waals surface area contributed by atoms with Crippen molar-refractivity contribution in [3.05, 3.63) is 101 Å². The van der Waals surface area contributed by atoms with Gasteiger partial charge in [0.05, 0.1) is 0 Å². The molecule has 1 aliphatic carbocycles. The van der Waals surface area contributed by atoms with Gasteiger partial charge in [0.2, 0.25) is 0 Å². The minimum Gasteiger partial charge on any atom is -0.454 e. The lowest BCUT2D eigenvalue weighted by Crippen LogP contribution is -2.12. The lowest BCUT2D eigenvalue weighted by atomic mass is 10.0. The molecule has 0 saturated heterocycles. The van der Waals surface area contributed by atoms with Gasteiger partial charge in [-0.25, -0.2) is 4.79 Å². The standard InChI is InChI=1S/C25H20O3/c1-17-6-8-18(9-7-17)10-13-25(27)28-16-24(26)21-12-11-20-14-19-4-2-3-5-22(19)23(20)15-21/h2-13,15H,14,16H2,1H3/b13-10+. The first-order valence-corrected chi connectivity index (χ1v) is 9.26. The first-order chi connectivity index (χ1) is 13.6. The summed E-state index contributed by atoms with van der Waals surface area (Å²) in [6.07, 6.45) is 3.91. The van der Waals surface area contributed by atoms with Crippen molar-refractivity contribution in [2.24, 2.45) is 0 Å². The molecule has 0 aliphatic heterocycles. The van der Waals surface area contributed by atoms with Gasteiger partial charge in [0.1, 0.15) is 0 Å². The van der Waals surface area contributed by atoms with Gasteiger partial charge in [0, 0.05) is 11.6 Å². The van der Waals surface area contributed by atoms with E-state index in [0.717, 1.165) is 23.1 Å². The molecule has 0 amide bonds. The quantitative estimate of drug-likeness (QED) is 0.283. The number of hydrogen-bond acceptors (Lipinski definition) is 3. The highest BCUT2D eigenvalue weighted by molar-refractivity contribution is 6.00. The predicted octanol–water partition coefficient (Wildman–Crippen LogP) is 5.01. The molecule has 0 atom stereocenters. The highest BCUT2D eigenvalue weighted by atomic mass is 16.5. The van der Waals surface area contributed by atoms with Crippen LogP contribution in [0.4, 0.5) is 0 Å². The molecule has 0 fully saturated rings. The molecule has 0 radical (unpaired) electrons. The Morgan fingerprint density at radius 1 is 0.929 bits per heavy atom. The van der Waals surface area contributed by atoms with Gasteiger partial charge >= 0.3 is 5.97 Å². The average Bonchev–Trinajstić information content (AvgIpc) is 3.09. The second-order valence-corrected chi connectivity index (χ2v) is 6.98. The minimum atomic E-state index is -0.527. The zero-order chi connectivity index (χ0) is 19.5. The van der Waals surface area contributed by atoms with E-state index < -0.39 is 5.97 Å². The van der Waals surface area contributed by atoms with Crippen LogP contribution >= 0.6 is 0 Å². The lowest BCUT2D eigenvalue weighted by molar-refractivity contribution is -0.136. The van der Waals surface area contributed by atoms with Gasteiger partial charge in [-0.2, -0.15) is 0 Å². The summed E-state index contributed by atoms with van der Waals surface area (Å²) in [6, 6.07) is 21.7. The molecular formula is C25H20O3. The van der Waals surface area contributed by atoms with Crippen molar-refractivity contribution in [2.45, 2.75) is 13.3 Å². The van der Waals surface area contributed by atoms with E-state index in [1.807, 2.05) is 61.5 Å². The maximum absolute atomic E-state index is 12.5. The monoisotopic (exact) mass is 368 g/mol. The van der Waals surface area contributed by atoms with Crippen LogP contribution in [0, 0.1) is 6.92 Å². The molecule has 3 aromatic carbocycles.